The van der Waals surface area contributed by atoms with Crippen molar-refractivity contribution in [2.75, 3.05) is 23.8 Å². The molecule has 0 saturated heterocycles. The number of carbonyl (C=O) groups is 1. The van der Waals surface area contributed by atoms with Crippen LogP contribution in [0.3, 0.4) is 0 Å². The molecule has 0 aliphatic heterocycles. The van der Waals surface area contributed by atoms with Crippen LogP contribution in [0.4, 0.5) is 10.1 Å². The summed E-state index contributed by atoms with van der Waals surface area (Å²) < 4.78 is 13.4. The second-order valence-electron chi connectivity index (χ2n) is 6.29. The van der Waals surface area contributed by atoms with Crippen molar-refractivity contribution in [3.8, 4) is 0 Å². The molecule has 0 radical (unpaired) electrons. The molecule has 0 aliphatic rings. The normalized spacial score (nSPS) is 13.8. The zero-order chi connectivity index (χ0) is 16.9. The zero-order valence-corrected chi connectivity index (χ0v) is 15.8. The molecule has 1 amide bonds. The number of carbonyl (C=O) groups excluding carboxylic acids is 1. The van der Waals surface area contributed by atoms with Crippen molar-refractivity contribution in [3.63, 3.8) is 0 Å². The summed E-state index contributed by atoms with van der Waals surface area (Å²) in [7, 11) is -1.60. The molecule has 1 aromatic rings. The summed E-state index contributed by atoms with van der Waals surface area (Å²) in [4.78, 5) is 12.9. The molecule has 0 fully saturated rings. The zero-order valence-electron chi connectivity index (χ0n) is 14.8. The molecule has 0 aliphatic carbocycles. The van der Waals surface area contributed by atoms with Gasteiger partial charge in [0.05, 0.1) is 0 Å². The summed E-state index contributed by atoms with van der Waals surface area (Å²) in [6, 6.07) is 2.96. The molecule has 1 rings (SSSR count). The summed E-state index contributed by atoms with van der Waals surface area (Å²) in [6.45, 7) is 12.5. The van der Waals surface area contributed by atoms with E-state index in [2.05, 4.69) is 33.0 Å². The first-order valence-corrected chi connectivity index (χ1v) is 11.1. The molecule has 1 atom stereocenters. The fourth-order valence-corrected chi connectivity index (χ4v) is 8.18. The monoisotopic (exact) mass is 327 g/mol. The van der Waals surface area contributed by atoms with Gasteiger partial charge in [-0.1, -0.05) is 0 Å². The van der Waals surface area contributed by atoms with E-state index in [1.165, 1.54) is 12.1 Å². The van der Waals surface area contributed by atoms with Gasteiger partial charge in [-0.25, -0.2) is 0 Å². The van der Waals surface area contributed by atoms with Crippen LogP contribution in [0.1, 0.15) is 45.2 Å². The second-order valence-corrected chi connectivity index (χ2v) is 11.8. The van der Waals surface area contributed by atoms with E-state index in [0.717, 1.165) is 41.7 Å². The average Bonchev–Trinajstić information content (AvgIpc) is 2.48. The maximum absolute atomic E-state index is 13.4. The number of rotatable bonds is 7. The number of anilines is 1. The molecule has 1 unspecified atom stereocenters. The molecule has 1 aromatic carbocycles. The molecule has 0 spiro atoms. The predicted octanol–water partition coefficient (Wildman–Crippen LogP) is 4.97. The summed E-state index contributed by atoms with van der Waals surface area (Å²) in [6.07, 6.45) is 4.28. The summed E-state index contributed by atoms with van der Waals surface area (Å²) >= 11 is 0. The van der Waals surface area contributed by atoms with Gasteiger partial charge in [-0.05, 0) is 0 Å². The van der Waals surface area contributed by atoms with E-state index in [-0.39, 0.29) is 17.4 Å². The van der Waals surface area contributed by atoms with E-state index in [9.17, 15) is 9.18 Å². The minimum atomic E-state index is -1.60. The van der Waals surface area contributed by atoms with E-state index in [1.807, 2.05) is 13.8 Å². The maximum atomic E-state index is 13.4. The number of nitrogens with one attached hydrogen (secondary N) is 1. The van der Waals surface area contributed by atoms with Gasteiger partial charge < -0.3 is 0 Å². The van der Waals surface area contributed by atoms with Gasteiger partial charge in [-0.2, -0.15) is 0 Å². The molecule has 1 N–H and O–H groups in total. The minimum absolute atomic E-state index is 0.122. The third kappa shape index (κ3) is 3.87. The Morgan fingerprint density at radius 3 is 1.91 bits per heavy atom. The molecule has 0 bridgehead atoms. The number of amides is 1. The Bertz CT molecular complexity index is 495. The van der Waals surface area contributed by atoms with Gasteiger partial charge in [0, 0.05) is 0 Å². The Morgan fingerprint density at radius 2 is 1.55 bits per heavy atom. The SMILES string of the molecule is CCC(C(=O)Nc1c(C)cc(F)cc1C)[PH](CC)(CC)CC. The van der Waals surface area contributed by atoms with Crippen LogP contribution in [-0.2, 0) is 4.79 Å². The van der Waals surface area contributed by atoms with Crippen molar-refractivity contribution < 1.29 is 9.18 Å². The fraction of sp³-hybridized carbons (Fsp3) is 0.611. The van der Waals surface area contributed by atoms with Gasteiger partial charge in [0.15, 0.2) is 0 Å². The van der Waals surface area contributed by atoms with E-state index in [4.69, 9.17) is 0 Å². The van der Waals surface area contributed by atoms with E-state index >= 15 is 0 Å². The Hall–Kier alpha value is -0.950. The molecule has 0 heterocycles. The van der Waals surface area contributed by atoms with E-state index in [1.54, 1.807) is 0 Å². The standard InChI is InChI=1S/C18H31FNOP/c1-7-16(22(8-2,9-3)10-4)18(21)20-17-13(5)11-15(19)12-14(17)6/h11-12,16,22H,7-10H2,1-6H3,(H,20,21). The number of benzene rings is 1. The van der Waals surface area contributed by atoms with Crippen LogP contribution in [0.25, 0.3) is 0 Å². The molecule has 22 heavy (non-hydrogen) atoms. The summed E-state index contributed by atoms with van der Waals surface area (Å²) in [5.41, 5.74) is 2.47. The van der Waals surface area contributed by atoms with Crippen molar-refractivity contribution in [3.05, 3.63) is 29.1 Å². The Kier molecular flexibility index (Phi) is 6.99. The van der Waals surface area contributed by atoms with Crippen molar-refractivity contribution in [2.45, 2.75) is 53.6 Å². The molecule has 4 heteroatoms. The van der Waals surface area contributed by atoms with Crippen molar-refractivity contribution in [1.82, 2.24) is 0 Å². The number of halogens is 1. The summed E-state index contributed by atoms with van der Waals surface area (Å²) in [5.74, 6) is -0.128. The molecule has 2 nitrogen and oxygen atoms in total. The molecule has 0 aromatic heterocycles. The Balaban J connectivity index is 3.09. The second kappa shape index (κ2) is 8.06. The van der Waals surface area contributed by atoms with Crippen LogP contribution in [0, 0.1) is 19.7 Å². The topological polar surface area (TPSA) is 29.1 Å². The van der Waals surface area contributed by atoms with Crippen LogP contribution in [0.5, 0.6) is 0 Å². The third-order valence-corrected chi connectivity index (χ3v) is 11.7. The first-order valence-electron chi connectivity index (χ1n) is 8.42. The molecule has 126 valence electrons. The van der Waals surface area contributed by atoms with Crippen LogP contribution in [-0.4, -0.2) is 30.1 Å². The average molecular weight is 327 g/mol. The first-order chi connectivity index (χ1) is 10.3. The molecular weight excluding hydrogens is 296 g/mol. The van der Waals surface area contributed by atoms with Crippen LogP contribution >= 0.6 is 7.26 Å². The van der Waals surface area contributed by atoms with Gasteiger partial charge in [0.1, 0.15) is 0 Å². The Morgan fingerprint density at radius 1 is 1.09 bits per heavy atom. The Labute approximate surface area is 135 Å². The van der Waals surface area contributed by atoms with Crippen molar-refractivity contribution in [1.29, 1.82) is 0 Å². The van der Waals surface area contributed by atoms with E-state index < -0.39 is 7.26 Å². The predicted molar refractivity (Wildman–Crippen MR) is 98.5 cm³/mol. The number of hydrogen-bond donors (Lipinski definition) is 1. The van der Waals surface area contributed by atoms with Crippen LogP contribution < -0.4 is 5.32 Å². The van der Waals surface area contributed by atoms with Crippen LogP contribution in [0.15, 0.2) is 12.1 Å². The van der Waals surface area contributed by atoms with Gasteiger partial charge in [0.25, 0.3) is 0 Å². The van der Waals surface area contributed by atoms with Crippen molar-refractivity contribution >= 4 is 18.9 Å². The van der Waals surface area contributed by atoms with Crippen molar-refractivity contribution in [2.24, 2.45) is 0 Å². The van der Waals surface area contributed by atoms with Gasteiger partial charge in [-0.3, -0.25) is 0 Å². The number of aryl methyl sites for hydroxylation is 2. The molecular formula is C18H31FNOP. The fourth-order valence-electron chi connectivity index (χ4n) is 3.70. The van der Waals surface area contributed by atoms with Gasteiger partial charge in [0.2, 0.25) is 0 Å². The van der Waals surface area contributed by atoms with Gasteiger partial charge in [-0.15, -0.1) is 0 Å². The van der Waals surface area contributed by atoms with E-state index in [0.29, 0.717) is 0 Å². The summed E-state index contributed by atoms with van der Waals surface area (Å²) in [5, 5.41) is 3.09. The number of hydrogen-bond acceptors (Lipinski definition) is 1. The van der Waals surface area contributed by atoms with Gasteiger partial charge >= 0.3 is 135 Å². The quantitative estimate of drug-likeness (QED) is 0.704. The van der Waals surface area contributed by atoms with Crippen LogP contribution in [0.2, 0.25) is 0 Å². The third-order valence-electron chi connectivity index (χ3n) is 5.32. The first kappa shape index (κ1) is 19.1. The molecule has 0 saturated carbocycles.